The number of benzene rings is 2. The van der Waals surface area contributed by atoms with Gasteiger partial charge in [-0.25, -0.2) is 4.39 Å². The Hall–Kier alpha value is -3.58. The summed E-state index contributed by atoms with van der Waals surface area (Å²) in [4.78, 5) is 27.1. The average Bonchev–Trinajstić information content (AvgIpc) is 3.37. The summed E-state index contributed by atoms with van der Waals surface area (Å²) in [5, 5.41) is 10.9. The highest BCUT2D eigenvalue weighted by molar-refractivity contribution is 6.51. The van der Waals surface area contributed by atoms with Gasteiger partial charge in [0.1, 0.15) is 29.1 Å². The summed E-state index contributed by atoms with van der Waals surface area (Å²) in [6.07, 6.45) is 1.39. The van der Waals surface area contributed by atoms with E-state index in [1.54, 1.807) is 37.3 Å². The number of nitrogens with zero attached hydrogens (tertiary/aromatic N) is 1. The molecule has 1 N–H and O–H groups in total. The number of anilines is 1. The van der Waals surface area contributed by atoms with Gasteiger partial charge in [0.15, 0.2) is 0 Å². The Morgan fingerprint density at radius 3 is 2.58 bits per heavy atom. The molecule has 0 bridgehead atoms. The first-order valence-electron chi connectivity index (χ1n) is 9.28. The van der Waals surface area contributed by atoms with Crippen LogP contribution in [0.25, 0.3) is 5.76 Å². The molecule has 1 aliphatic rings. The molecule has 0 saturated carbocycles. The molecule has 0 aliphatic carbocycles. The minimum atomic E-state index is -1.06. The van der Waals surface area contributed by atoms with Crippen LogP contribution in [0.2, 0.25) is 5.02 Å². The predicted molar refractivity (Wildman–Crippen MR) is 113 cm³/mol. The molecule has 2 aromatic carbocycles. The van der Waals surface area contributed by atoms with Gasteiger partial charge in [-0.1, -0.05) is 11.6 Å². The van der Waals surface area contributed by atoms with Crippen molar-refractivity contribution >= 4 is 34.7 Å². The summed E-state index contributed by atoms with van der Waals surface area (Å²) in [5.74, 6) is -1.96. The second kappa shape index (κ2) is 7.92. The van der Waals surface area contributed by atoms with Crippen molar-refractivity contribution in [3.8, 4) is 5.75 Å². The molecular weight excluding hydrogens is 425 g/mol. The lowest BCUT2D eigenvalue weighted by atomic mass is 9.97. The summed E-state index contributed by atoms with van der Waals surface area (Å²) in [6.45, 7) is 1.75. The fourth-order valence-corrected chi connectivity index (χ4v) is 3.80. The first-order chi connectivity index (χ1) is 14.8. The molecular formula is C23H17ClFNO5. The molecule has 1 aliphatic heterocycles. The van der Waals surface area contributed by atoms with E-state index in [0.717, 1.165) is 11.0 Å². The van der Waals surface area contributed by atoms with Crippen LogP contribution in [-0.4, -0.2) is 23.9 Å². The van der Waals surface area contributed by atoms with Gasteiger partial charge in [0.2, 0.25) is 0 Å². The van der Waals surface area contributed by atoms with Gasteiger partial charge in [-0.3, -0.25) is 14.5 Å². The third kappa shape index (κ3) is 3.47. The van der Waals surface area contributed by atoms with Crippen molar-refractivity contribution < 1.29 is 28.2 Å². The van der Waals surface area contributed by atoms with Crippen LogP contribution in [0.4, 0.5) is 10.1 Å². The molecule has 2 heterocycles. The standard InChI is InChI=1S/C23H17ClFNO5/c1-12-10-14(30-2)6-7-15(12)21(27)19-20(18-4-3-9-31-18)26(23(29)22(19)28)13-5-8-17(25)16(24)11-13/h3-11,20,27H,1-2H3/b21-19-. The lowest BCUT2D eigenvalue weighted by Gasteiger charge is -2.23. The lowest BCUT2D eigenvalue weighted by Crippen LogP contribution is -2.29. The second-order valence-corrected chi connectivity index (χ2v) is 7.37. The molecule has 1 saturated heterocycles. The highest BCUT2D eigenvalue weighted by Gasteiger charge is 2.48. The lowest BCUT2D eigenvalue weighted by molar-refractivity contribution is -0.132. The SMILES string of the molecule is COc1ccc(/C(O)=C2/C(=O)C(=O)N(c3ccc(F)c(Cl)c3)C2c2ccco2)c(C)c1. The second-order valence-electron chi connectivity index (χ2n) is 6.96. The quantitative estimate of drug-likeness (QED) is 0.349. The van der Waals surface area contributed by atoms with Gasteiger partial charge in [-0.15, -0.1) is 0 Å². The fraction of sp³-hybridized carbons (Fsp3) is 0.130. The smallest absolute Gasteiger partial charge is 0.300 e. The molecule has 1 atom stereocenters. The number of ketones is 1. The van der Waals surface area contributed by atoms with E-state index in [4.69, 9.17) is 20.8 Å². The molecule has 0 spiro atoms. The molecule has 4 rings (SSSR count). The number of ether oxygens (including phenoxy) is 1. The molecule has 1 fully saturated rings. The van der Waals surface area contributed by atoms with Crippen LogP contribution >= 0.6 is 11.6 Å². The number of Topliss-reactive ketones (excluding diaryl/α,β-unsaturated/α-hetero) is 1. The van der Waals surface area contributed by atoms with Crippen molar-refractivity contribution in [1.29, 1.82) is 0 Å². The van der Waals surface area contributed by atoms with Gasteiger partial charge >= 0.3 is 0 Å². The topological polar surface area (TPSA) is 80.0 Å². The summed E-state index contributed by atoms with van der Waals surface area (Å²) < 4.78 is 24.4. The van der Waals surface area contributed by atoms with Crippen LogP contribution in [0.1, 0.15) is 22.9 Å². The van der Waals surface area contributed by atoms with E-state index >= 15 is 0 Å². The summed E-state index contributed by atoms with van der Waals surface area (Å²) in [5.41, 5.74) is 1.06. The van der Waals surface area contributed by atoms with E-state index in [0.29, 0.717) is 16.9 Å². The molecule has 158 valence electrons. The zero-order chi connectivity index (χ0) is 22.3. The number of furan rings is 1. The van der Waals surface area contributed by atoms with Crippen molar-refractivity contribution in [2.24, 2.45) is 0 Å². The maximum absolute atomic E-state index is 13.7. The van der Waals surface area contributed by atoms with E-state index in [-0.39, 0.29) is 27.8 Å². The molecule has 0 radical (unpaired) electrons. The molecule has 1 unspecified atom stereocenters. The first-order valence-corrected chi connectivity index (χ1v) is 9.65. The van der Waals surface area contributed by atoms with Gasteiger partial charge < -0.3 is 14.3 Å². The Morgan fingerprint density at radius 1 is 1.19 bits per heavy atom. The number of carbonyl (C=O) groups excluding carboxylic acids is 2. The Morgan fingerprint density at radius 2 is 1.97 bits per heavy atom. The normalized spacial score (nSPS) is 17.9. The van der Waals surface area contributed by atoms with Crippen molar-refractivity contribution in [3.05, 3.63) is 88.1 Å². The van der Waals surface area contributed by atoms with Gasteiger partial charge in [0, 0.05) is 11.3 Å². The maximum Gasteiger partial charge on any atom is 0.300 e. The van der Waals surface area contributed by atoms with Gasteiger partial charge in [-0.05, 0) is 61.0 Å². The molecule has 1 amide bonds. The monoisotopic (exact) mass is 441 g/mol. The number of hydrogen-bond donors (Lipinski definition) is 1. The number of methoxy groups -OCH3 is 1. The number of amides is 1. The summed E-state index contributed by atoms with van der Waals surface area (Å²) in [7, 11) is 1.52. The van der Waals surface area contributed by atoms with Gasteiger partial charge in [0.25, 0.3) is 11.7 Å². The number of aryl methyl sites for hydroxylation is 1. The molecule has 3 aromatic rings. The number of aliphatic hydroxyl groups excluding tert-OH is 1. The van der Waals surface area contributed by atoms with Crippen LogP contribution < -0.4 is 9.64 Å². The average molecular weight is 442 g/mol. The van der Waals surface area contributed by atoms with E-state index in [9.17, 15) is 19.1 Å². The van der Waals surface area contributed by atoms with Crippen molar-refractivity contribution in [2.75, 3.05) is 12.0 Å². The van der Waals surface area contributed by atoms with Gasteiger partial charge in [-0.2, -0.15) is 0 Å². The third-order valence-corrected chi connectivity index (χ3v) is 5.42. The van der Waals surface area contributed by atoms with Crippen molar-refractivity contribution in [1.82, 2.24) is 0 Å². The zero-order valence-corrected chi connectivity index (χ0v) is 17.3. The first kappa shape index (κ1) is 20.7. The number of hydrogen-bond acceptors (Lipinski definition) is 5. The van der Waals surface area contributed by atoms with Crippen LogP contribution in [0.15, 0.2) is 64.8 Å². The predicted octanol–water partition coefficient (Wildman–Crippen LogP) is 5.02. The van der Waals surface area contributed by atoms with Gasteiger partial charge in [0.05, 0.1) is 24.0 Å². The minimum absolute atomic E-state index is 0.145. The molecule has 6 nitrogen and oxygen atoms in total. The van der Waals surface area contributed by atoms with Crippen LogP contribution in [0.5, 0.6) is 5.75 Å². The minimum Gasteiger partial charge on any atom is -0.507 e. The fourth-order valence-electron chi connectivity index (χ4n) is 3.62. The third-order valence-electron chi connectivity index (χ3n) is 5.13. The van der Waals surface area contributed by atoms with E-state index in [1.807, 2.05) is 0 Å². The summed E-state index contributed by atoms with van der Waals surface area (Å²) in [6, 6.07) is 10.8. The molecule has 31 heavy (non-hydrogen) atoms. The zero-order valence-electron chi connectivity index (χ0n) is 16.6. The summed E-state index contributed by atoms with van der Waals surface area (Å²) >= 11 is 5.90. The Balaban J connectivity index is 1.93. The number of halogens is 2. The van der Waals surface area contributed by atoms with Crippen LogP contribution in [0, 0.1) is 12.7 Å². The number of carbonyl (C=O) groups is 2. The Labute approximate surface area is 182 Å². The van der Waals surface area contributed by atoms with Crippen molar-refractivity contribution in [3.63, 3.8) is 0 Å². The highest BCUT2D eigenvalue weighted by atomic mass is 35.5. The number of rotatable bonds is 4. The number of aliphatic hydroxyl groups is 1. The molecule has 8 heteroatoms. The van der Waals surface area contributed by atoms with E-state index < -0.39 is 23.5 Å². The molecule has 1 aromatic heterocycles. The van der Waals surface area contributed by atoms with Crippen LogP contribution in [0.3, 0.4) is 0 Å². The van der Waals surface area contributed by atoms with Crippen LogP contribution in [-0.2, 0) is 9.59 Å². The largest absolute Gasteiger partial charge is 0.507 e. The maximum atomic E-state index is 13.7. The Bertz CT molecular complexity index is 1220. The van der Waals surface area contributed by atoms with Crippen molar-refractivity contribution in [2.45, 2.75) is 13.0 Å². The van der Waals surface area contributed by atoms with E-state index in [2.05, 4.69) is 0 Å². The van der Waals surface area contributed by atoms with E-state index in [1.165, 1.54) is 25.5 Å². The highest BCUT2D eigenvalue weighted by Crippen LogP contribution is 2.43. The Kier molecular flexibility index (Phi) is 5.29.